The van der Waals surface area contributed by atoms with Gasteiger partial charge in [-0.15, -0.1) is 0 Å². The molecule has 3 rings (SSSR count). The first kappa shape index (κ1) is 18.5. The molecule has 0 spiro atoms. The van der Waals surface area contributed by atoms with Gasteiger partial charge in [-0.05, 0) is 31.2 Å². The Labute approximate surface area is 162 Å². The van der Waals surface area contributed by atoms with Crippen LogP contribution in [-0.4, -0.2) is 48.8 Å². The van der Waals surface area contributed by atoms with Crippen LogP contribution in [-0.2, 0) is 10.0 Å². The zero-order valence-electron chi connectivity index (χ0n) is 13.9. The van der Waals surface area contributed by atoms with E-state index >= 15 is 0 Å². The van der Waals surface area contributed by atoms with E-state index in [4.69, 9.17) is 12.2 Å². The maximum Gasteiger partial charge on any atom is 0.243 e. The third-order valence-electron chi connectivity index (χ3n) is 4.26. The minimum Gasteiger partial charge on any atom is -0.360 e. The molecule has 1 aliphatic heterocycles. The third-order valence-corrected chi connectivity index (χ3v) is 7.16. The highest BCUT2D eigenvalue weighted by molar-refractivity contribution is 9.10. The maximum atomic E-state index is 12.8. The maximum absolute atomic E-state index is 12.8. The lowest BCUT2D eigenvalue weighted by molar-refractivity contribution is 0.269. The van der Waals surface area contributed by atoms with Gasteiger partial charge in [0, 0.05) is 36.2 Å². The van der Waals surface area contributed by atoms with E-state index in [9.17, 15) is 8.42 Å². The van der Waals surface area contributed by atoms with Crippen LogP contribution in [0, 0.1) is 6.92 Å². The van der Waals surface area contributed by atoms with Crippen molar-refractivity contribution in [1.29, 1.82) is 0 Å². The van der Waals surface area contributed by atoms with Crippen molar-refractivity contribution in [3.05, 3.63) is 64.1 Å². The number of piperazine rings is 1. The Bertz CT molecular complexity index is 874. The van der Waals surface area contributed by atoms with E-state index in [-0.39, 0.29) is 0 Å². The SMILES string of the molecule is Cc1ccc(S(=O)(=O)N2CCN(C(=S)c3cccc(Br)c3)CC2)cc1. The van der Waals surface area contributed by atoms with Crippen molar-refractivity contribution < 1.29 is 8.42 Å². The average Bonchev–Trinajstić information content (AvgIpc) is 2.61. The average molecular weight is 439 g/mol. The molecule has 0 bridgehead atoms. The fourth-order valence-electron chi connectivity index (χ4n) is 2.79. The number of aryl methyl sites for hydroxylation is 1. The quantitative estimate of drug-likeness (QED) is 0.688. The number of benzene rings is 2. The van der Waals surface area contributed by atoms with Crippen molar-refractivity contribution in [2.45, 2.75) is 11.8 Å². The molecule has 0 unspecified atom stereocenters. The Kier molecular flexibility index (Phi) is 5.58. The summed E-state index contributed by atoms with van der Waals surface area (Å²) in [6, 6.07) is 14.9. The molecule has 0 aromatic heterocycles. The summed E-state index contributed by atoms with van der Waals surface area (Å²) >= 11 is 9.03. The zero-order chi connectivity index (χ0) is 18.0. The second-order valence-corrected chi connectivity index (χ2v) is 9.26. The van der Waals surface area contributed by atoms with E-state index in [0.717, 1.165) is 20.6 Å². The molecule has 132 valence electrons. The van der Waals surface area contributed by atoms with Crippen molar-refractivity contribution in [2.24, 2.45) is 0 Å². The topological polar surface area (TPSA) is 40.6 Å². The van der Waals surface area contributed by atoms with E-state index in [1.807, 2.05) is 43.3 Å². The van der Waals surface area contributed by atoms with Crippen LogP contribution in [0.4, 0.5) is 0 Å². The highest BCUT2D eigenvalue weighted by Crippen LogP contribution is 2.20. The minimum atomic E-state index is -3.44. The Balaban J connectivity index is 1.69. The molecule has 1 aliphatic rings. The molecular formula is C18H19BrN2O2S2. The van der Waals surface area contributed by atoms with Crippen LogP contribution < -0.4 is 0 Å². The van der Waals surface area contributed by atoms with E-state index in [1.54, 1.807) is 12.1 Å². The summed E-state index contributed by atoms with van der Waals surface area (Å²) < 4.78 is 28.0. The highest BCUT2D eigenvalue weighted by atomic mass is 79.9. The summed E-state index contributed by atoms with van der Waals surface area (Å²) in [4.78, 5) is 3.17. The van der Waals surface area contributed by atoms with Gasteiger partial charge in [0.15, 0.2) is 0 Å². The van der Waals surface area contributed by atoms with Crippen LogP contribution in [0.3, 0.4) is 0 Å². The number of sulfonamides is 1. The van der Waals surface area contributed by atoms with Crippen molar-refractivity contribution in [3.63, 3.8) is 0 Å². The lowest BCUT2D eigenvalue weighted by atomic mass is 10.2. The summed E-state index contributed by atoms with van der Waals surface area (Å²) in [5.41, 5.74) is 2.02. The molecule has 7 heteroatoms. The molecule has 25 heavy (non-hydrogen) atoms. The number of rotatable bonds is 3. The molecule has 2 aromatic rings. The first-order valence-electron chi connectivity index (χ1n) is 7.99. The Hall–Kier alpha value is -1.28. The van der Waals surface area contributed by atoms with Gasteiger partial charge in [0.1, 0.15) is 4.99 Å². The minimum absolute atomic E-state index is 0.348. The zero-order valence-corrected chi connectivity index (χ0v) is 17.1. The van der Waals surface area contributed by atoms with Gasteiger partial charge in [0.2, 0.25) is 10.0 Å². The van der Waals surface area contributed by atoms with Gasteiger partial charge in [0.25, 0.3) is 0 Å². The number of halogens is 1. The molecule has 1 saturated heterocycles. The molecule has 0 radical (unpaired) electrons. The summed E-state index contributed by atoms with van der Waals surface area (Å²) in [7, 11) is -3.44. The Morgan fingerprint density at radius 3 is 2.28 bits per heavy atom. The molecule has 2 aromatic carbocycles. The van der Waals surface area contributed by atoms with Gasteiger partial charge in [-0.2, -0.15) is 4.31 Å². The summed E-state index contributed by atoms with van der Waals surface area (Å²) in [6.07, 6.45) is 0. The molecule has 0 saturated carbocycles. The molecule has 4 nitrogen and oxygen atoms in total. The van der Waals surface area contributed by atoms with Crippen LogP contribution in [0.2, 0.25) is 0 Å². The van der Waals surface area contributed by atoms with Crippen LogP contribution in [0.15, 0.2) is 57.9 Å². The first-order valence-corrected chi connectivity index (χ1v) is 10.6. The van der Waals surface area contributed by atoms with Crippen molar-refractivity contribution in [1.82, 2.24) is 9.21 Å². The first-order chi connectivity index (χ1) is 11.9. The van der Waals surface area contributed by atoms with Gasteiger partial charge in [-0.1, -0.05) is 58.0 Å². The van der Waals surface area contributed by atoms with E-state index in [2.05, 4.69) is 20.8 Å². The summed E-state index contributed by atoms with van der Waals surface area (Å²) in [6.45, 7) is 4.00. The number of thiocarbonyl (C=S) groups is 1. The second kappa shape index (κ2) is 7.53. The van der Waals surface area contributed by atoms with Crippen LogP contribution in [0.1, 0.15) is 11.1 Å². The van der Waals surface area contributed by atoms with Gasteiger partial charge in [-0.3, -0.25) is 0 Å². The molecule has 1 fully saturated rings. The molecular weight excluding hydrogens is 420 g/mol. The van der Waals surface area contributed by atoms with Crippen molar-refractivity contribution in [3.8, 4) is 0 Å². The van der Waals surface area contributed by atoms with Gasteiger partial charge < -0.3 is 4.90 Å². The van der Waals surface area contributed by atoms with Crippen LogP contribution in [0.25, 0.3) is 0 Å². The lowest BCUT2D eigenvalue weighted by Gasteiger charge is -2.35. The van der Waals surface area contributed by atoms with E-state index in [1.165, 1.54) is 4.31 Å². The molecule has 0 amide bonds. The fraction of sp³-hybridized carbons (Fsp3) is 0.278. The van der Waals surface area contributed by atoms with Crippen molar-refractivity contribution in [2.75, 3.05) is 26.2 Å². The standard InChI is InChI=1S/C18H19BrN2O2S2/c1-14-5-7-17(8-6-14)25(22,23)21-11-9-20(10-12-21)18(24)15-3-2-4-16(19)13-15/h2-8,13H,9-12H2,1H3. The van der Waals surface area contributed by atoms with E-state index < -0.39 is 10.0 Å². The van der Waals surface area contributed by atoms with E-state index in [0.29, 0.717) is 31.1 Å². The molecule has 0 aliphatic carbocycles. The molecule has 1 heterocycles. The summed E-state index contributed by atoms with van der Waals surface area (Å²) in [5, 5.41) is 0. The highest BCUT2D eigenvalue weighted by Gasteiger charge is 2.29. The molecule has 0 N–H and O–H groups in total. The summed E-state index contributed by atoms with van der Waals surface area (Å²) in [5.74, 6) is 0. The molecule has 0 atom stereocenters. The number of hydrogen-bond acceptors (Lipinski definition) is 3. The largest absolute Gasteiger partial charge is 0.360 e. The van der Waals surface area contributed by atoms with Gasteiger partial charge >= 0.3 is 0 Å². The Morgan fingerprint density at radius 1 is 1.04 bits per heavy atom. The van der Waals surface area contributed by atoms with Crippen LogP contribution >= 0.6 is 28.1 Å². The monoisotopic (exact) mass is 438 g/mol. The van der Waals surface area contributed by atoms with Gasteiger partial charge in [-0.25, -0.2) is 8.42 Å². The van der Waals surface area contributed by atoms with Crippen LogP contribution in [0.5, 0.6) is 0 Å². The number of nitrogens with zero attached hydrogens (tertiary/aromatic N) is 2. The fourth-order valence-corrected chi connectivity index (χ4v) is 4.93. The Morgan fingerprint density at radius 2 is 1.68 bits per heavy atom. The number of hydrogen-bond donors (Lipinski definition) is 0. The normalized spacial score (nSPS) is 16.0. The third kappa shape index (κ3) is 4.11. The van der Waals surface area contributed by atoms with Crippen molar-refractivity contribution >= 4 is 43.2 Å². The lowest BCUT2D eigenvalue weighted by Crippen LogP contribution is -2.50. The second-order valence-electron chi connectivity index (χ2n) is 6.02. The van der Waals surface area contributed by atoms with Gasteiger partial charge in [0.05, 0.1) is 4.90 Å². The predicted molar refractivity (Wildman–Crippen MR) is 107 cm³/mol. The smallest absolute Gasteiger partial charge is 0.243 e. The predicted octanol–water partition coefficient (Wildman–Crippen LogP) is 3.44.